The molecule has 0 bridgehead atoms. The van der Waals surface area contributed by atoms with E-state index in [-0.39, 0.29) is 18.2 Å². The first-order valence-corrected chi connectivity index (χ1v) is 8.18. The van der Waals surface area contributed by atoms with Crippen molar-refractivity contribution in [2.24, 2.45) is 0 Å². The molecule has 0 aliphatic carbocycles. The number of halogens is 3. The second-order valence-electron chi connectivity index (χ2n) is 5.97. The van der Waals surface area contributed by atoms with Gasteiger partial charge < -0.3 is 15.4 Å². The molecule has 8 heteroatoms. The first-order chi connectivity index (χ1) is 12.7. The molecule has 2 aromatic carbocycles. The summed E-state index contributed by atoms with van der Waals surface area (Å²) in [5, 5.41) is 4.99. The van der Waals surface area contributed by atoms with Crippen molar-refractivity contribution < 1.29 is 27.5 Å². The molecular formula is C19H19F3N2O3. The molecular weight excluding hydrogens is 361 g/mol. The van der Waals surface area contributed by atoms with Crippen LogP contribution in [0.25, 0.3) is 0 Å². The van der Waals surface area contributed by atoms with Crippen LogP contribution in [0.2, 0.25) is 0 Å². The Morgan fingerprint density at radius 1 is 1.04 bits per heavy atom. The summed E-state index contributed by atoms with van der Waals surface area (Å²) in [4.78, 5) is 24.0. The molecule has 0 aliphatic heterocycles. The van der Waals surface area contributed by atoms with Crippen LogP contribution in [0.15, 0.2) is 48.5 Å². The van der Waals surface area contributed by atoms with Crippen LogP contribution in [0.5, 0.6) is 5.75 Å². The maximum atomic E-state index is 12.5. The van der Waals surface area contributed by atoms with Crippen molar-refractivity contribution in [2.75, 3.05) is 11.9 Å². The van der Waals surface area contributed by atoms with E-state index in [1.165, 1.54) is 0 Å². The van der Waals surface area contributed by atoms with E-state index in [2.05, 4.69) is 10.6 Å². The van der Waals surface area contributed by atoms with E-state index in [0.29, 0.717) is 11.4 Å². The van der Waals surface area contributed by atoms with Crippen LogP contribution < -0.4 is 15.4 Å². The monoisotopic (exact) mass is 380 g/mol. The average molecular weight is 380 g/mol. The summed E-state index contributed by atoms with van der Waals surface area (Å²) in [5.41, 5.74) is -0.363. The van der Waals surface area contributed by atoms with Crippen molar-refractivity contribution in [1.29, 1.82) is 0 Å². The number of benzene rings is 2. The fourth-order valence-electron chi connectivity index (χ4n) is 2.19. The number of carbonyl (C=O) groups excluding carboxylic acids is 2. The van der Waals surface area contributed by atoms with Gasteiger partial charge in [0.25, 0.3) is 5.91 Å². The van der Waals surface area contributed by atoms with E-state index in [4.69, 9.17) is 4.74 Å². The smallest absolute Gasteiger partial charge is 0.416 e. The SMILES string of the molecule is CC(C)Oc1ccccc1NC(=O)CNC(=O)c1ccc(C(F)(F)F)cc1. The number of carbonyl (C=O) groups is 2. The maximum Gasteiger partial charge on any atom is 0.416 e. The Labute approximate surface area is 154 Å². The number of nitrogens with one attached hydrogen (secondary N) is 2. The van der Waals surface area contributed by atoms with Gasteiger partial charge >= 0.3 is 6.18 Å². The highest BCUT2D eigenvalue weighted by molar-refractivity contribution is 5.99. The van der Waals surface area contributed by atoms with Crippen LogP contribution in [0.3, 0.4) is 0 Å². The summed E-state index contributed by atoms with van der Waals surface area (Å²) >= 11 is 0. The van der Waals surface area contributed by atoms with Crippen LogP contribution in [-0.4, -0.2) is 24.5 Å². The highest BCUT2D eigenvalue weighted by Gasteiger charge is 2.30. The second-order valence-corrected chi connectivity index (χ2v) is 5.97. The van der Waals surface area contributed by atoms with E-state index >= 15 is 0 Å². The third-order valence-electron chi connectivity index (χ3n) is 3.41. The molecule has 2 rings (SSSR count). The molecule has 0 unspecified atom stereocenters. The van der Waals surface area contributed by atoms with E-state index < -0.39 is 23.6 Å². The largest absolute Gasteiger partial charge is 0.489 e. The Hall–Kier alpha value is -3.03. The van der Waals surface area contributed by atoms with Gasteiger partial charge in [-0.25, -0.2) is 0 Å². The molecule has 5 nitrogen and oxygen atoms in total. The molecule has 0 saturated heterocycles. The molecule has 2 aromatic rings. The molecule has 0 radical (unpaired) electrons. The summed E-state index contributed by atoms with van der Waals surface area (Å²) < 4.78 is 43.2. The summed E-state index contributed by atoms with van der Waals surface area (Å²) in [6.07, 6.45) is -4.55. The van der Waals surface area contributed by atoms with Gasteiger partial charge in [-0.05, 0) is 50.2 Å². The highest BCUT2D eigenvalue weighted by Crippen LogP contribution is 2.29. The lowest BCUT2D eigenvalue weighted by Crippen LogP contribution is -2.33. The standard InChI is InChI=1S/C19H19F3N2O3/c1-12(2)27-16-6-4-3-5-15(16)24-17(25)11-23-18(26)13-7-9-14(10-8-13)19(20,21)22/h3-10,12H,11H2,1-2H3,(H,23,26)(H,24,25). The van der Waals surface area contributed by atoms with Gasteiger partial charge in [0.05, 0.1) is 23.9 Å². The van der Waals surface area contributed by atoms with Crippen molar-refractivity contribution in [3.8, 4) is 5.75 Å². The molecule has 0 aromatic heterocycles. The van der Waals surface area contributed by atoms with Crippen molar-refractivity contribution in [2.45, 2.75) is 26.1 Å². The zero-order valence-corrected chi connectivity index (χ0v) is 14.8. The number of ether oxygens (including phenoxy) is 1. The minimum Gasteiger partial charge on any atom is -0.489 e. The molecule has 0 spiro atoms. The maximum absolute atomic E-state index is 12.5. The summed E-state index contributed by atoms with van der Waals surface area (Å²) in [6, 6.07) is 10.6. The van der Waals surface area contributed by atoms with Crippen LogP contribution in [-0.2, 0) is 11.0 Å². The van der Waals surface area contributed by atoms with Gasteiger partial charge in [-0.1, -0.05) is 12.1 Å². The van der Waals surface area contributed by atoms with Gasteiger partial charge in [0.15, 0.2) is 0 Å². The number of rotatable bonds is 6. The fraction of sp³-hybridized carbons (Fsp3) is 0.263. The Balaban J connectivity index is 1.93. The Morgan fingerprint density at radius 3 is 2.26 bits per heavy atom. The van der Waals surface area contributed by atoms with E-state index in [0.717, 1.165) is 24.3 Å². The molecule has 0 aliphatic rings. The van der Waals surface area contributed by atoms with Crippen LogP contribution in [0, 0.1) is 0 Å². The quantitative estimate of drug-likeness (QED) is 0.800. The Bertz CT molecular complexity index is 803. The van der Waals surface area contributed by atoms with E-state index in [1.807, 2.05) is 13.8 Å². The van der Waals surface area contributed by atoms with Crippen LogP contribution in [0.4, 0.5) is 18.9 Å². The average Bonchev–Trinajstić information content (AvgIpc) is 2.60. The van der Waals surface area contributed by atoms with Gasteiger partial charge in [-0.3, -0.25) is 9.59 Å². The van der Waals surface area contributed by atoms with Crippen molar-refractivity contribution >= 4 is 17.5 Å². The fourth-order valence-corrected chi connectivity index (χ4v) is 2.19. The van der Waals surface area contributed by atoms with Crippen molar-refractivity contribution in [1.82, 2.24) is 5.32 Å². The predicted octanol–water partition coefficient (Wildman–Crippen LogP) is 3.86. The van der Waals surface area contributed by atoms with E-state index in [1.54, 1.807) is 24.3 Å². The molecule has 0 heterocycles. The first-order valence-electron chi connectivity index (χ1n) is 8.18. The molecule has 0 fully saturated rings. The molecule has 144 valence electrons. The summed E-state index contributed by atoms with van der Waals surface area (Å²) in [7, 11) is 0. The minimum atomic E-state index is -4.47. The third-order valence-corrected chi connectivity index (χ3v) is 3.41. The topological polar surface area (TPSA) is 67.4 Å². The molecule has 2 amide bonds. The lowest BCUT2D eigenvalue weighted by Gasteiger charge is -2.15. The third kappa shape index (κ3) is 6.02. The molecule has 27 heavy (non-hydrogen) atoms. The minimum absolute atomic E-state index is 0.0272. The normalized spacial score (nSPS) is 11.2. The van der Waals surface area contributed by atoms with Crippen LogP contribution in [0.1, 0.15) is 29.8 Å². The number of hydrogen-bond donors (Lipinski definition) is 2. The van der Waals surface area contributed by atoms with Gasteiger partial charge in [0, 0.05) is 5.56 Å². The number of hydrogen-bond acceptors (Lipinski definition) is 3. The Morgan fingerprint density at radius 2 is 1.67 bits per heavy atom. The van der Waals surface area contributed by atoms with Gasteiger partial charge in [0.1, 0.15) is 5.75 Å². The zero-order valence-electron chi connectivity index (χ0n) is 14.8. The van der Waals surface area contributed by atoms with Gasteiger partial charge in [-0.15, -0.1) is 0 Å². The molecule has 2 N–H and O–H groups in total. The van der Waals surface area contributed by atoms with Gasteiger partial charge in [-0.2, -0.15) is 13.2 Å². The summed E-state index contributed by atoms with van der Waals surface area (Å²) in [5.74, 6) is -0.643. The predicted molar refractivity (Wildman–Crippen MR) is 94.6 cm³/mol. The van der Waals surface area contributed by atoms with Crippen molar-refractivity contribution in [3.63, 3.8) is 0 Å². The molecule has 0 atom stereocenters. The lowest BCUT2D eigenvalue weighted by molar-refractivity contribution is -0.137. The number of para-hydroxylation sites is 2. The number of alkyl halides is 3. The zero-order chi connectivity index (χ0) is 20.0. The Kier molecular flexibility index (Phi) is 6.44. The van der Waals surface area contributed by atoms with Crippen molar-refractivity contribution in [3.05, 3.63) is 59.7 Å². The highest BCUT2D eigenvalue weighted by atomic mass is 19.4. The number of amides is 2. The van der Waals surface area contributed by atoms with Crippen LogP contribution >= 0.6 is 0 Å². The van der Waals surface area contributed by atoms with E-state index in [9.17, 15) is 22.8 Å². The summed E-state index contributed by atoms with van der Waals surface area (Å²) in [6.45, 7) is 3.36. The first kappa shape index (κ1) is 20.3. The lowest BCUT2D eigenvalue weighted by atomic mass is 10.1. The number of anilines is 1. The van der Waals surface area contributed by atoms with Gasteiger partial charge in [0.2, 0.25) is 5.91 Å². The second kappa shape index (κ2) is 8.57. The molecule has 0 saturated carbocycles.